The fourth-order valence-electron chi connectivity index (χ4n) is 0.840. The minimum Gasteiger partial charge on any atom is -0.466 e. The first-order valence-corrected chi connectivity index (χ1v) is 4.62. The van der Waals surface area contributed by atoms with Gasteiger partial charge in [-0.25, -0.2) is 0 Å². The molecule has 0 saturated heterocycles. The Hall–Kier alpha value is -0.240. The van der Waals surface area contributed by atoms with Crippen molar-refractivity contribution < 1.29 is 4.42 Å². The first-order chi connectivity index (χ1) is 4.86. The number of rotatable bonds is 3. The van der Waals surface area contributed by atoms with Gasteiger partial charge >= 0.3 is 0 Å². The summed E-state index contributed by atoms with van der Waals surface area (Å²) in [7, 11) is 0. The number of hydrogen-bond acceptors (Lipinski definition) is 1. The van der Waals surface area contributed by atoms with Crippen LogP contribution in [0.5, 0.6) is 0 Å². The maximum atomic E-state index is 5.44. The lowest BCUT2D eigenvalue weighted by Crippen LogP contribution is -1.79. The fourth-order valence-corrected chi connectivity index (χ4v) is 1.23. The summed E-state index contributed by atoms with van der Waals surface area (Å²) in [5.41, 5.74) is 0. The van der Waals surface area contributed by atoms with Crippen molar-refractivity contribution in [2.45, 2.75) is 19.8 Å². The molecule has 10 heavy (non-hydrogen) atoms. The SMILES string of the molecule is CCc1ccc(CCBr)o1. The lowest BCUT2D eigenvalue weighted by atomic mass is 10.3. The average Bonchev–Trinajstić information content (AvgIpc) is 2.37. The highest BCUT2D eigenvalue weighted by atomic mass is 79.9. The van der Waals surface area contributed by atoms with Crippen LogP contribution in [0.4, 0.5) is 0 Å². The van der Waals surface area contributed by atoms with E-state index in [4.69, 9.17) is 4.42 Å². The predicted octanol–water partition coefficient (Wildman–Crippen LogP) is 2.78. The standard InChI is InChI=1S/C8H11BrO/c1-2-7-3-4-8(10-7)5-6-9/h3-4H,2,5-6H2,1H3. The Morgan fingerprint density at radius 2 is 2.10 bits per heavy atom. The van der Waals surface area contributed by atoms with Crippen LogP contribution in [0.1, 0.15) is 18.4 Å². The van der Waals surface area contributed by atoms with E-state index in [1.165, 1.54) is 0 Å². The second-order valence-electron chi connectivity index (χ2n) is 2.16. The van der Waals surface area contributed by atoms with Gasteiger partial charge in [-0.1, -0.05) is 22.9 Å². The zero-order valence-corrected chi connectivity index (χ0v) is 7.65. The van der Waals surface area contributed by atoms with E-state index in [1.54, 1.807) is 0 Å². The molecule has 0 saturated carbocycles. The van der Waals surface area contributed by atoms with Crippen molar-refractivity contribution in [3.63, 3.8) is 0 Å². The monoisotopic (exact) mass is 202 g/mol. The molecule has 1 aromatic rings. The van der Waals surface area contributed by atoms with Gasteiger partial charge in [-0.05, 0) is 12.1 Å². The Labute approximate surface area is 69.6 Å². The number of alkyl halides is 1. The summed E-state index contributed by atoms with van der Waals surface area (Å²) in [5, 5.41) is 0.976. The Bertz CT molecular complexity index is 193. The summed E-state index contributed by atoms with van der Waals surface area (Å²) < 4.78 is 5.44. The van der Waals surface area contributed by atoms with Gasteiger partial charge in [-0.2, -0.15) is 0 Å². The molecular weight excluding hydrogens is 192 g/mol. The van der Waals surface area contributed by atoms with Gasteiger partial charge < -0.3 is 4.42 Å². The molecule has 0 N–H and O–H groups in total. The highest BCUT2D eigenvalue weighted by Gasteiger charge is 1.97. The van der Waals surface area contributed by atoms with Crippen molar-refractivity contribution in [3.8, 4) is 0 Å². The van der Waals surface area contributed by atoms with Crippen LogP contribution < -0.4 is 0 Å². The summed E-state index contributed by atoms with van der Waals surface area (Å²) >= 11 is 3.36. The van der Waals surface area contributed by atoms with Crippen molar-refractivity contribution >= 4 is 15.9 Å². The summed E-state index contributed by atoms with van der Waals surface area (Å²) in [6, 6.07) is 4.08. The summed E-state index contributed by atoms with van der Waals surface area (Å²) in [6.45, 7) is 2.09. The number of halogens is 1. The smallest absolute Gasteiger partial charge is 0.105 e. The van der Waals surface area contributed by atoms with Crippen molar-refractivity contribution in [3.05, 3.63) is 23.7 Å². The minimum atomic E-state index is 0.976. The fraction of sp³-hybridized carbons (Fsp3) is 0.500. The maximum absolute atomic E-state index is 5.44. The molecule has 0 atom stereocenters. The summed E-state index contributed by atoms with van der Waals surface area (Å²) in [5.74, 6) is 2.16. The number of furan rings is 1. The van der Waals surface area contributed by atoms with Crippen LogP contribution in [0.25, 0.3) is 0 Å². The normalized spacial score (nSPS) is 10.2. The largest absolute Gasteiger partial charge is 0.466 e. The first kappa shape index (κ1) is 7.86. The third kappa shape index (κ3) is 1.87. The van der Waals surface area contributed by atoms with Gasteiger partial charge in [0.15, 0.2) is 0 Å². The maximum Gasteiger partial charge on any atom is 0.105 e. The van der Waals surface area contributed by atoms with E-state index >= 15 is 0 Å². The van der Waals surface area contributed by atoms with E-state index in [2.05, 4.69) is 22.9 Å². The van der Waals surface area contributed by atoms with Gasteiger partial charge in [0, 0.05) is 18.2 Å². The molecule has 56 valence electrons. The average molecular weight is 203 g/mol. The van der Waals surface area contributed by atoms with Gasteiger partial charge in [0.25, 0.3) is 0 Å². The third-order valence-corrected chi connectivity index (χ3v) is 1.80. The van der Waals surface area contributed by atoms with Crippen molar-refractivity contribution in [1.82, 2.24) is 0 Å². The topological polar surface area (TPSA) is 13.1 Å². The molecule has 1 aromatic heterocycles. The highest BCUT2D eigenvalue weighted by molar-refractivity contribution is 9.09. The van der Waals surface area contributed by atoms with Crippen molar-refractivity contribution in [1.29, 1.82) is 0 Å². The van der Waals surface area contributed by atoms with Gasteiger partial charge in [-0.3, -0.25) is 0 Å². The van der Waals surface area contributed by atoms with Gasteiger partial charge in [0.2, 0.25) is 0 Å². The van der Waals surface area contributed by atoms with E-state index in [-0.39, 0.29) is 0 Å². The predicted molar refractivity (Wildman–Crippen MR) is 45.6 cm³/mol. The van der Waals surface area contributed by atoms with E-state index in [1.807, 2.05) is 12.1 Å². The molecule has 0 aromatic carbocycles. The molecule has 0 fully saturated rings. The molecule has 1 rings (SSSR count). The molecule has 0 spiro atoms. The van der Waals surface area contributed by atoms with E-state index in [0.29, 0.717) is 0 Å². The molecule has 0 unspecified atom stereocenters. The molecule has 2 heteroatoms. The molecule has 0 aliphatic rings. The molecule has 0 bridgehead atoms. The lowest BCUT2D eigenvalue weighted by Gasteiger charge is -1.89. The molecule has 0 aliphatic carbocycles. The summed E-state index contributed by atoms with van der Waals surface area (Å²) in [6.07, 6.45) is 1.97. The van der Waals surface area contributed by atoms with Crippen molar-refractivity contribution in [2.24, 2.45) is 0 Å². The van der Waals surface area contributed by atoms with E-state index in [0.717, 1.165) is 29.7 Å². The van der Waals surface area contributed by atoms with Gasteiger partial charge in [-0.15, -0.1) is 0 Å². The Morgan fingerprint density at radius 1 is 1.40 bits per heavy atom. The second-order valence-corrected chi connectivity index (χ2v) is 2.95. The molecule has 0 radical (unpaired) electrons. The lowest BCUT2D eigenvalue weighted by molar-refractivity contribution is 0.475. The first-order valence-electron chi connectivity index (χ1n) is 3.50. The van der Waals surface area contributed by atoms with Crippen LogP contribution in [0.2, 0.25) is 0 Å². The number of hydrogen-bond donors (Lipinski definition) is 0. The molecule has 0 aliphatic heterocycles. The van der Waals surface area contributed by atoms with Crippen LogP contribution >= 0.6 is 15.9 Å². The van der Waals surface area contributed by atoms with E-state index < -0.39 is 0 Å². The molecule has 0 amide bonds. The highest BCUT2D eigenvalue weighted by Crippen LogP contribution is 2.09. The van der Waals surface area contributed by atoms with Crippen LogP contribution in [0.3, 0.4) is 0 Å². The van der Waals surface area contributed by atoms with Crippen LogP contribution in [0, 0.1) is 0 Å². The second kappa shape index (κ2) is 3.81. The van der Waals surface area contributed by atoms with Crippen LogP contribution in [0.15, 0.2) is 16.5 Å². The molecule has 1 heterocycles. The van der Waals surface area contributed by atoms with Gasteiger partial charge in [0.05, 0.1) is 0 Å². The Balaban J connectivity index is 2.59. The molecule has 1 nitrogen and oxygen atoms in total. The minimum absolute atomic E-state index is 0.976. The zero-order valence-electron chi connectivity index (χ0n) is 6.06. The van der Waals surface area contributed by atoms with E-state index in [9.17, 15) is 0 Å². The number of aryl methyl sites for hydroxylation is 2. The Morgan fingerprint density at radius 3 is 2.60 bits per heavy atom. The Kier molecular flexibility index (Phi) is 3.00. The molecular formula is C8H11BrO. The summed E-state index contributed by atoms with van der Waals surface area (Å²) in [4.78, 5) is 0. The van der Waals surface area contributed by atoms with Gasteiger partial charge in [0.1, 0.15) is 11.5 Å². The van der Waals surface area contributed by atoms with Crippen molar-refractivity contribution in [2.75, 3.05) is 5.33 Å². The zero-order chi connectivity index (χ0) is 7.40. The van der Waals surface area contributed by atoms with Crippen LogP contribution in [-0.2, 0) is 12.8 Å². The van der Waals surface area contributed by atoms with Crippen LogP contribution in [-0.4, -0.2) is 5.33 Å². The third-order valence-electron chi connectivity index (χ3n) is 1.41. The quantitative estimate of drug-likeness (QED) is 0.688.